The molecular formula is C23H28ClNO4. The average Bonchev–Trinajstić information content (AvgIpc) is 2.68. The molecule has 0 radical (unpaired) electrons. The van der Waals surface area contributed by atoms with Crippen LogP contribution >= 0.6 is 11.6 Å². The van der Waals surface area contributed by atoms with Crippen LogP contribution in [0.4, 0.5) is 4.79 Å². The van der Waals surface area contributed by atoms with E-state index in [4.69, 9.17) is 16.3 Å². The molecule has 6 heteroatoms. The van der Waals surface area contributed by atoms with Gasteiger partial charge in [0.2, 0.25) is 0 Å². The molecule has 0 heterocycles. The summed E-state index contributed by atoms with van der Waals surface area (Å²) < 4.78 is 5.03. The van der Waals surface area contributed by atoms with Crippen molar-refractivity contribution in [1.82, 2.24) is 5.32 Å². The van der Waals surface area contributed by atoms with Gasteiger partial charge in [-0.25, -0.2) is 9.59 Å². The van der Waals surface area contributed by atoms with Crippen LogP contribution in [0.2, 0.25) is 5.02 Å². The maximum atomic E-state index is 11.9. The van der Waals surface area contributed by atoms with Gasteiger partial charge < -0.3 is 15.2 Å². The minimum atomic E-state index is -1.36. The molecule has 2 aromatic carbocycles. The number of halogens is 1. The number of amides is 1. The summed E-state index contributed by atoms with van der Waals surface area (Å²) in [5, 5.41) is 12.7. The third kappa shape index (κ3) is 7.09. The van der Waals surface area contributed by atoms with Crippen LogP contribution in [0.15, 0.2) is 48.5 Å². The minimum absolute atomic E-state index is 0.289. The van der Waals surface area contributed by atoms with E-state index >= 15 is 0 Å². The maximum absolute atomic E-state index is 11.9. The summed E-state index contributed by atoms with van der Waals surface area (Å²) in [5.41, 5.74) is 1.87. The van der Waals surface area contributed by atoms with E-state index in [0.29, 0.717) is 24.3 Å². The zero-order valence-electron chi connectivity index (χ0n) is 16.9. The predicted octanol–water partition coefficient (Wildman–Crippen LogP) is 5.70. The minimum Gasteiger partial charge on any atom is -0.480 e. The molecule has 0 saturated heterocycles. The normalized spacial score (nSPS) is 12.8. The number of rotatable bonds is 10. The SMILES string of the molecule is CCCCOC(=O)NC(C)(CCCc1ccc(-c2cccc(Cl)c2)cc1)C(=O)O. The highest BCUT2D eigenvalue weighted by atomic mass is 35.5. The Kier molecular flexibility index (Phi) is 8.52. The number of benzene rings is 2. The van der Waals surface area contributed by atoms with Crippen molar-refractivity contribution >= 4 is 23.7 Å². The van der Waals surface area contributed by atoms with E-state index in [1.165, 1.54) is 6.92 Å². The number of carboxylic acid groups (broad SMARTS) is 1. The molecule has 0 spiro atoms. The molecule has 1 atom stereocenters. The van der Waals surface area contributed by atoms with Crippen molar-refractivity contribution in [2.45, 2.75) is 51.5 Å². The number of aryl methyl sites for hydroxylation is 1. The van der Waals surface area contributed by atoms with Gasteiger partial charge >= 0.3 is 12.1 Å². The summed E-state index contributed by atoms with van der Waals surface area (Å²) in [6.07, 6.45) is 2.61. The second-order valence-corrected chi connectivity index (χ2v) is 7.75. The fraction of sp³-hybridized carbons (Fsp3) is 0.391. The predicted molar refractivity (Wildman–Crippen MR) is 115 cm³/mol. The lowest BCUT2D eigenvalue weighted by Gasteiger charge is -2.25. The number of hydrogen-bond donors (Lipinski definition) is 2. The zero-order valence-corrected chi connectivity index (χ0v) is 17.7. The molecule has 2 aromatic rings. The first-order valence-corrected chi connectivity index (χ1v) is 10.2. The molecular weight excluding hydrogens is 390 g/mol. The van der Waals surface area contributed by atoms with E-state index in [1.54, 1.807) is 0 Å². The third-order valence-electron chi connectivity index (χ3n) is 4.84. The van der Waals surface area contributed by atoms with Gasteiger partial charge in [0.05, 0.1) is 6.61 Å². The van der Waals surface area contributed by atoms with Crippen LogP contribution in [0, 0.1) is 0 Å². The highest BCUT2D eigenvalue weighted by Gasteiger charge is 2.34. The van der Waals surface area contributed by atoms with Crippen LogP contribution < -0.4 is 5.32 Å². The lowest BCUT2D eigenvalue weighted by atomic mass is 9.93. The van der Waals surface area contributed by atoms with Gasteiger partial charge in [-0.3, -0.25) is 0 Å². The summed E-state index contributed by atoms with van der Waals surface area (Å²) in [7, 11) is 0. The first-order valence-electron chi connectivity index (χ1n) is 9.87. The number of nitrogens with one attached hydrogen (secondary N) is 1. The van der Waals surface area contributed by atoms with Gasteiger partial charge in [-0.05, 0) is 61.4 Å². The lowest BCUT2D eigenvalue weighted by molar-refractivity contribution is -0.144. The summed E-state index contributed by atoms with van der Waals surface area (Å²) in [6.45, 7) is 3.79. The van der Waals surface area contributed by atoms with Crippen molar-refractivity contribution in [3.05, 3.63) is 59.1 Å². The van der Waals surface area contributed by atoms with Gasteiger partial charge in [-0.15, -0.1) is 0 Å². The summed E-state index contributed by atoms with van der Waals surface area (Å²) in [5.74, 6) is -1.07. The summed E-state index contributed by atoms with van der Waals surface area (Å²) in [4.78, 5) is 23.5. The largest absolute Gasteiger partial charge is 0.480 e. The van der Waals surface area contributed by atoms with E-state index in [0.717, 1.165) is 29.5 Å². The second kappa shape index (κ2) is 10.9. The number of carboxylic acids is 1. The molecule has 0 fully saturated rings. The molecule has 156 valence electrons. The van der Waals surface area contributed by atoms with Gasteiger partial charge in [0, 0.05) is 5.02 Å². The maximum Gasteiger partial charge on any atom is 0.408 e. The number of carbonyl (C=O) groups excluding carboxylic acids is 1. The molecule has 5 nitrogen and oxygen atoms in total. The van der Waals surface area contributed by atoms with Crippen molar-refractivity contribution in [2.75, 3.05) is 6.61 Å². The number of unbranched alkanes of at least 4 members (excludes halogenated alkanes) is 1. The molecule has 0 aromatic heterocycles. The Morgan fingerprint density at radius 3 is 2.45 bits per heavy atom. The summed E-state index contributed by atoms with van der Waals surface area (Å²) in [6, 6.07) is 15.8. The fourth-order valence-electron chi connectivity index (χ4n) is 2.97. The zero-order chi connectivity index (χ0) is 21.3. The number of ether oxygens (including phenoxy) is 1. The number of aliphatic carboxylic acids is 1. The Morgan fingerprint density at radius 2 is 1.83 bits per heavy atom. The Labute approximate surface area is 177 Å². The standard InChI is InChI=1S/C23H28ClNO4/c1-3-4-15-29-22(28)25-23(2,21(26)27)14-6-7-17-10-12-18(13-11-17)19-8-5-9-20(24)16-19/h5,8-13,16H,3-4,6-7,14-15H2,1-2H3,(H,25,28)(H,26,27). The van der Waals surface area contributed by atoms with Crippen molar-refractivity contribution < 1.29 is 19.4 Å². The van der Waals surface area contributed by atoms with Crippen LogP contribution in [0.1, 0.15) is 45.1 Å². The number of alkyl carbamates (subject to hydrolysis) is 1. The quantitative estimate of drug-likeness (QED) is 0.486. The van der Waals surface area contributed by atoms with Crippen molar-refractivity contribution in [3.63, 3.8) is 0 Å². The molecule has 0 saturated carbocycles. The third-order valence-corrected chi connectivity index (χ3v) is 5.07. The van der Waals surface area contributed by atoms with Gasteiger partial charge in [-0.1, -0.05) is 61.3 Å². The molecule has 1 unspecified atom stereocenters. The molecule has 0 aliphatic heterocycles. The van der Waals surface area contributed by atoms with Crippen LogP contribution in [0.25, 0.3) is 11.1 Å². The second-order valence-electron chi connectivity index (χ2n) is 7.31. The van der Waals surface area contributed by atoms with Gasteiger partial charge in [0.15, 0.2) is 0 Å². The summed E-state index contributed by atoms with van der Waals surface area (Å²) >= 11 is 6.05. The topological polar surface area (TPSA) is 75.6 Å². The highest BCUT2D eigenvalue weighted by Crippen LogP contribution is 2.24. The molecule has 29 heavy (non-hydrogen) atoms. The molecule has 2 rings (SSSR count). The molecule has 2 N–H and O–H groups in total. The Balaban J connectivity index is 1.90. The van der Waals surface area contributed by atoms with Crippen LogP contribution in [0.5, 0.6) is 0 Å². The number of carbonyl (C=O) groups is 2. The first kappa shape index (κ1) is 22.8. The van der Waals surface area contributed by atoms with E-state index in [9.17, 15) is 14.7 Å². The smallest absolute Gasteiger partial charge is 0.408 e. The first-order chi connectivity index (χ1) is 13.8. The fourth-order valence-corrected chi connectivity index (χ4v) is 3.16. The van der Waals surface area contributed by atoms with Gasteiger partial charge in [-0.2, -0.15) is 0 Å². The van der Waals surface area contributed by atoms with Gasteiger partial charge in [0.1, 0.15) is 5.54 Å². The Bertz CT molecular complexity index is 822. The number of hydrogen-bond acceptors (Lipinski definition) is 3. The van der Waals surface area contributed by atoms with E-state index < -0.39 is 17.6 Å². The molecule has 1 amide bonds. The highest BCUT2D eigenvalue weighted by molar-refractivity contribution is 6.30. The lowest BCUT2D eigenvalue weighted by Crippen LogP contribution is -2.52. The monoisotopic (exact) mass is 417 g/mol. The molecule has 0 aliphatic carbocycles. The van der Waals surface area contributed by atoms with Crippen LogP contribution in [0.3, 0.4) is 0 Å². The Hall–Kier alpha value is -2.53. The van der Waals surface area contributed by atoms with Crippen molar-refractivity contribution in [3.8, 4) is 11.1 Å². The van der Waals surface area contributed by atoms with Crippen LogP contribution in [-0.4, -0.2) is 29.3 Å². The van der Waals surface area contributed by atoms with E-state index in [2.05, 4.69) is 5.32 Å². The van der Waals surface area contributed by atoms with E-state index in [-0.39, 0.29) is 6.61 Å². The average molecular weight is 418 g/mol. The van der Waals surface area contributed by atoms with Gasteiger partial charge in [0.25, 0.3) is 0 Å². The molecule has 0 aliphatic rings. The van der Waals surface area contributed by atoms with Crippen molar-refractivity contribution in [1.29, 1.82) is 0 Å². The Morgan fingerprint density at radius 1 is 1.10 bits per heavy atom. The van der Waals surface area contributed by atoms with Crippen molar-refractivity contribution in [2.24, 2.45) is 0 Å². The van der Waals surface area contributed by atoms with E-state index in [1.807, 2.05) is 55.5 Å². The van der Waals surface area contributed by atoms with Crippen LogP contribution in [-0.2, 0) is 16.0 Å². The molecule has 0 bridgehead atoms.